The van der Waals surface area contributed by atoms with E-state index in [0.717, 1.165) is 4.31 Å². The molecule has 13 heteroatoms. The zero-order valence-corrected chi connectivity index (χ0v) is 28.8. The number of nitrogens with one attached hydrogen (secondary N) is 1. The van der Waals surface area contributed by atoms with Crippen LogP contribution in [-0.2, 0) is 26.2 Å². The summed E-state index contributed by atoms with van der Waals surface area (Å²) in [6.07, 6.45) is 0.979. The van der Waals surface area contributed by atoms with Crippen LogP contribution in [0.3, 0.4) is 0 Å². The topological polar surface area (TPSA) is 124 Å². The van der Waals surface area contributed by atoms with Crippen LogP contribution < -0.4 is 28.6 Å². The zero-order chi connectivity index (χ0) is 34.0. The molecule has 0 fully saturated rings. The average Bonchev–Trinajstić information content (AvgIpc) is 3.06. The number of hydrogen-bond acceptors (Lipinski definition) is 8. The lowest BCUT2D eigenvalue weighted by molar-refractivity contribution is -0.140. The zero-order valence-electron chi connectivity index (χ0n) is 27.2. The van der Waals surface area contributed by atoms with Crippen molar-refractivity contribution >= 4 is 39.1 Å². The van der Waals surface area contributed by atoms with Gasteiger partial charge in [0.1, 0.15) is 24.1 Å². The highest BCUT2D eigenvalue weighted by Crippen LogP contribution is 2.38. The van der Waals surface area contributed by atoms with Crippen LogP contribution in [0.1, 0.15) is 39.2 Å². The normalized spacial score (nSPS) is 12.4. The molecule has 0 aliphatic rings. The molecular weight excluding hydrogens is 634 g/mol. The molecule has 250 valence electrons. The number of ether oxygens (including phenoxy) is 4. The lowest BCUT2D eigenvalue weighted by atomic mass is 10.1. The minimum Gasteiger partial charge on any atom is -0.497 e. The number of sulfonamides is 1. The monoisotopic (exact) mass is 675 g/mol. The lowest BCUT2D eigenvalue weighted by Gasteiger charge is -2.34. The van der Waals surface area contributed by atoms with Gasteiger partial charge in [0, 0.05) is 29.7 Å². The number of hydrogen-bond donors (Lipinski definition) is 1. The summed E-state index contributed by atoms with van der Waals surface area (Å²) in [5, 5.41) is 3.47. The lowest BCUT2D eigenvalue weighted by Crippen LogP contribution is -2.53. The fourth-order valence-electron chi connectivity index (χ4n) is 4.76. The second kappa shape index (κ2) is 16.4. The van der Waals surface area contributed by atoms with Gasteiger partial charge in [-0.15, -0.1) is 0 Å². The summed E-state index contributed by atoms with van der Waals surface area (Å²) >= 11 is 6.11. The van der Waals surface area contributed by atoms with Crippen molar-refractivity contribution < 1.29 is 37.0 Å². The maximum Gasteiger partial charge on any atom is 0.265 e. The van der Waals surface area contributed by atoms with E-state index in [9.17, 15) is 18.0 Å². The van der Waals surface area contributed by atoms with Crippen molar-refractivity contribution in [1.29, 1.82) is 0 Å². The van der Waals surface area contributed by atoms with Gasteiger partial charge in [-0.1, -0.05) is 37.6 Å². The van der Waals surface area contributed by atoms with E-state index in [1.165, 1.54) is 57.6 Å². The standard InChI is InChI=1S/C33H42ClN3O8S/c1-8-22(3)35-33(39)27(9-2)36(20-23-10-12-24(34)13-11-23)32(38)21-37(28-18-25(42-4)14-16-29(28)43-5)46(40,41)26-15-17-30(44-6)31(19-26)45-7/h10-19,22,27H,8-9,20-21H2,1-7H3,(H,35,39)/t22-,27-/m1/s1. The number of amides is 2. The van der Waals surface area contributed by atoms with Crippen LogP contribution in [0.5, 0.6) is 23.0 Å². The minimum absolute atomic E-state index is 0.0297. The molecule has 3 aromatic carbocycles. The molecule has 46 heavy (non-hydrogen) atoms. The highest BCUT2D eigenvalue weighted by Gasteiger charge is 2.35. The number of methoxy groups -OCH3 is 4. The van der Waals surface area contributed by atoms with E-state index in [2.05, 4.69) is 5.32 Å². The molecule has 3 aromatic rings. The summed E-state index contributed by atoms with van der Waals surface area (Å²) in [5.41, 5.74) is 0.773. The molecule has 0 aliphatic heterocycles. The predicted molar refractivity (Wildman–Crippen MR) is 178 cm³/mol. The quantitative estimate of drug-likeness (QED) is 0.217. The first-order valence-electron chi connectivity index (χ1n) is 14.7. The SMILES string of the molecule is CC[C@@H](C)NC(=O)[C@@H](CC)N(Cc1ccc(Cl)cc1)C(=O)CN(c1cc(OC)ccc1OC)S(=O)(=O)c1ccc(OC)c(OC)c1. The summed E-state index contributed by atoms with van der Waals surface area (Å²) in [6, 6.07) is 14.7. The first-order valence-corrected chi connectivity index (χ1v) is 16.6. The second-order valence-electron chi connectivity index (χ2n) is 10.5. The summed E-state index contributed by atoms with van der Waals surface area (Å²) in [7, 11) is 1.22. The summed E-state index contributed by atoms with van der Waals surface area (Å²) < 4.78 is 51.4. The Kier molecular flexibility index (Phi) is 13.0. The molecular formula is C33H42ClN3O8S. The van der Waals surface area contributed by atoms with Crippen molar-refractivity contribution in [3.05, 3.63) is 71.2 Å². The second-order valence-corrected chi connectivity index (χ2v) is 12.8. The molecule has 0 saturated heterocycles. The Morgan fingerprint density at radius 3 is 2.02 bits per heavy atom. The molecule has 2 amide bonds. The van der Waals surface area contributed by atoms with Crippen molar-refractivity contribution in [2.75, 3.05) is 39.3 Å². The number of nitrogens with zero attached hydrogens (tertiary/aromatic N) is 2. The van der Waals surface area contributed by atoms with Gasteiger partial charge in [-0.3, -0.25) is 13.9 Å². The number of carbonyl (C=O) groups excluding carboxylic acids is 2. The Morgan fingerprint density at radius 2 is 1.46 bits per heavy atom. The first-order chi connectivity index (χ1) is 21.9. The van der Waals surface area contributed by atoms with Gasteiger partial charge in [0.05, 0.1) is 39.0 Å². The molecule has 0 unspecified atom stereocenters. The van der Waals surface area contributed by atoms with Crippen molar-refractivity contribution in [3.8, 4) is 23.0 Å². The van der Waals surface area contributed by atoms with Gasteiger partial charge in [-0.25, -0.2) is 8.42 Å². The van der Waals surface area contributed by atoms with Crippen LogP contribution in [-0.4, -0.2) is 72.2 Å². The summed E-state index contributed by atoms with van der Waals surface area (Å²) in [4.78, 5) is 29.1. The Hall–Kier alpha value is -4.16. The molecule has 0 aliphatic carbocycles. The molecule has 0 aromatic heterocycles. The molecule has 0 saturated carbocycles. The van der Waals surface area contributed by atoms with Gasteiger partial charge < -0.3 is 29.2 Å². The fraction of sp³-hybridized carbons (Fsp3) is 0.394. The molecule has 11 nitrogen and oxygen atoms in total. The van der Waals surface area contributed by atoms with Crippen LogP contribution in [0.25, 0.3) is 0 Å². The average molecular weight is 676 g/mol. The smallest absolute Gasteiger partial charge is 0.265 e. The van der Waals surface area contributed by atoms with Crippen LogP contribution in [0.15, 0.2) is 65.6 Å². The van der Waals surface area contributed by atoms with E-state index in [1.807, 2.05) is 13.8 Å². The highest BCUT2D eigenvalue weighted by molar-refractivity contribution is 7.92. The third kappa shape index (κ3) is 8.55. The largest absolute Gasteiger partial charge is 0.497 e. The molecule has 1 N–H and O–H groups in total. The van der Waals surface area contributed by atoms with Crippen LogP contribution in [0.4, 0.5) is 5.69 Å². The molecule has 3 rings (SSSR count). The van der Waals surface area contributed by atoms with Crippen molar-refractivity contribution in [2.24, 2.45) is 0 Å². The highest BCUT2D eigenvalue weighted by atomic mass is 35.5. The van der Waals surface area contributed by atoms with Crippen LogP contribution in [0.2, 0.25) is 5.02 Å². The Balaban J connectivity index is 2.19. The predicted octanol–water partition coefficient (Wildman–Crippen LogP) is 5.29. The Morgan fingerprint density at radius 1 is 0.826 bits per heavy atom. The maximum atomic E-state index is 14.4. The van der Waals surface area contributed by atoms with Gasteiger partial charge >= 0.3 is 0 Å². The number of carbonyl (C=O) groups is 2. The number of benzene rings is 3. The van der Waals surface area contributed by atoms with Gasteiger partial charge in [-0.05, 0) is 61.7 Å². The maximum absolute atomic E-state index is 14.4. The molecule has 0 heterocycles. The Labute approximate surface area is 276 Å². The number of anilines is 1. The molecule has 0 bridgehead atoms. The van der Waals surface area contributed by atoms with Crippen molar-refractivity contribution in [3.63, 3.8) is 0 Å². The number of halogens is 1. The van der Waals surface area contributed by atoms with Crippen molar-refractivity contribution in [2.45, 2.75) is 57.1 Å². The Bertz CT molecular complexity index is 1600. The molecule has 0 radical (unpaired) electrons. The van der Waals surface area contributed by atoms with Gasteiger partial charge in [-0.2, -0.15) is 0 Å². The molecule has 2 atom stereocenters. The third-order valence-corrected chi connectivity index (χ3v) is 9.54. The third-order valence-electron chi connectivity index (χ3n) is 7.53. The van der Waals surface area contributed by atoms with Crippen molar-refractivity contribution in [1.82, 2.24) is 10.2 Å². The van der Waals surface area contributed by atoms with E-state index >= 15 is 0 Å². The van der Waals surface area contributed by atoms with Gasteiger partial charge in [0.25, 0.3) is 10.0 Å². The van der Waals surface area contributed by atoms with E-state index < -0.39 is 28.5 Å². The first kappa shape index (κ1) is 36.3. The number of rotatable bonds is 16. The minimum atomic E-state index is -4.46. The molecule has 0 spiro atoms. The fourth-order valence-corrected chi connectivity index (χ4v) is 6.31. The van der Waals surface area contributed by atoms with Crippen LogP contribution >= 0.6 is 11.6 Å². The van der Waals surface area contributed by atoms with Gasteiger partial charge in [0.2, 0.25) is 11.8 Å². The van der Waals surface area contributed by atoms with Crippen LogP contribution in [0, 0.1) is 0 Å². The summed E-state index contributed by atoms with van der Waals surface area (Å²) in [5.74, 6) is 0.0823. The van der Waals surface area contributed by atoms with E-state index in [1.54, 1.807) is 43.3 Å². The summed E-state index contributed by atoms with van der Waals surface area (Å²) in [6.45, 7) is 4.98. The van der Waals surface area contributed by atoms with Gasteiger partial charge in [0.15, 0.2) is 11.5 Å². The van der Waals surface area contributed by atoms with E-state index in [-0.39, 0.29) is 47.0 Å². The van der Waals surface area contributed by atoms with E-state index in [0.29, 0.717) is 28.5 Å². The van der Waals surface area contributed by atoms with E-state index in [4.69, 9.17) is 30.5 Å².